The maximum Gasteiger partial charge on any atom is 0.126 e. The first-order chi connectivity index (χ1) is 8.34. The molecule has 1 unspecified atom stereocenters. The first-order valence-electron chi connectivity index (χ1n) is 6.21. The maximum atomic E-state index is 13.6. The number of hydrazine groups is 1. The number of rotatable bonds is 2. The van der Waals surface area contributed by atoms with Crippen molar-refractivity contribution in [3.05, 3.63) is 35.1 Å². The summed E-state index contributed by atoms with van der Waals surface area (Å²) in [5, 5.41) is 2.19. The van der Waals surface area contributed by atoms with Crippen LogP contribution in [0.5, 0.6) is 0 Å². The Morgan fingerprint density at radius 3 is 2.94 bits per heavy atom. The SMILES string of the molecule is Fc1cccc2c1CCC2NN1CCOCC1. The number of halogens is 1. The lowest BCUT2D eigenvalue weighted by atomic mass is 10.1. The molecular formula is C13H17FN2O. The van der Waals surface area contributed by atoms with Crippen molar-refractivity contribution in [3.63, 3.8) is 0 Å². The topological polar surface area (TPSA) is 24.5 Å². The molecule has 0 amide bonds. The molecule has 1 fully saturated rings. The lowest BCUT2D eigenvalue weighted by molar-refractivity contribution is 0.00348. The molecule has 3 rings (SSSR count). The normalized spacial score (nSPS) is 24.9. The van der Waals surface area contributed by atoms with Gasteiger partial charge in [0.25, 0.3) is 0 Å². The smallest absolute Gasteiger partial charge is 0.126 e. The fourth-order valence-corrected chi connectivity index (χ4v) is 2.66. The van der Waals surface area contributed by atoms with Gasteiger partial charge in [-0.15, -0.1) is 0 Å². The molecule has 0 radical (unpaired) electrons. The number of hydrogen-bond acceptors (Lipinski definition) is 3. The average molecular weight is 236 g/mol. The summed E-state index contributed by atoms with van der Waals surface area (Å²) in [6, 6.07) is 5.64. The van der Waals surface area contributed by atoms with E-state index in [1.165, 1.54) is 0 Å². The summed E-state index contributed by atoms with van der Waals surface area (Å²) < 4.78 is 18.9. The number of nitrogens with zero attached hydrogens (tertiary/aromatic N) is 1. The Kier molecular flexibility index (Phi) is 3.09. The summed E-state index contributed by atoms with van der Waals surface area (Å²) in [5.41, 5.74) is 5.50. The van der Waals surface area contributed by atoms with Crippen molar-refractivity contribution in [1.82, 2.24) is 10.4 Å². The molecule has 17 heavy (non-hydrogen) atoms. The molecule has 92 valence electrons. The highest BCUT2D eigenvalue weighted by Crippen LogP contribution is 2.32. The van der Waals surface area contributed by atoms with E-state index in [1.54, 1.807) is 12.1 Å². The fraction of sp³-hybridized carbons (Fsp3) is 0.538. The van der Waals surface area contributed by atoms with Crippen LogP contribution < -0.4 is 5.43 Å². The Morgan fingerprint density at radius 2 is 2.12 bits per heavy atom. The van der Waals surface area contributed by atoms with Crippen LogP contribution in [-0.2, 0) is 11.2 Å². The van der Waals surface area contributed by atoms with Gasteiger partial charge in [0.05, 0.1) is 13.2 Å². The lowest BCUT2D eigenvalue weighted by Gasteiger charge is -2.30. The molecule has 0 spiro atoms. The summed E-state index contributed by atoms with van der Waals surface area (Å²) in [4.78, 5) is 0. The molecule has 1 aliphatic carbocycles. The van der Waals surface area contributed by atoms with Crippen LogP contribution in [0, 0.1) is 5.82 Å². The van der Waals surface area contributed by atoms with Gasteiger partial charge in [0.15, 0.2) is 0 Å². The lowest BCUT2D eigenvalue weighted by Crippen LogP contribution is -2.46. The van der Waals surface area contributed by atoms with Gasteiger partial charge in [-0.05, 0) is 30.0 Å². The van der Waals surface area contributed by atoms with E-state index in [-0.39, 0.29) is 11.9 Å². The largest absolute Gasteiger partial charge is 0.379 e. The minimum atomic E-state index is -0.0613. The van der Waals surface area contributed by atoms with E-state index >= 15 is 0 Å². The Labute approximate surface area is 101 Å². The van der Waals surface area contributed by atoms with E-state index < -0.39 is 0 Å². The van der Waals surface area contributed by atoms with Crippen LogP contribution in [0.2, 0.25) is 0 Å². The maximum absolute atomic E-state index is 13.6. The summed E-state index contributed by atoms with van der Waals surface area (Å²) in [6.07, 6.45) is 1.82. The van der Waals surface area contributed by atoms with E-state index in [0.717, 1.165) is 50.3 Å². The molecule has 3 nitrogen and oxygen atoms in total. The number of morpholine rings is 1. The molecular weight excluding hydrogens is 219 g/mol. The molecule has 2 aliphatic rings. The second-order valence-corrected chi connectivity index (χ2v) is 4.63. The number of nitrogens with one attached hydrogen (secondary N) is 1. The van der Waals surface area contributed by atoms with E-state index in [2.05, 4.69) is 10.4 Å². The minimum absolute atomic E-state index is 0.0613. The summed E-state index contributed by atoms with van der Waals surface area (Å²) in [5.74, 6) is -0.0613. The zero-order valence-electron chi connectivity index (χ0n) is 9.79. The average Bonchev–Trinajstić information content (AvgIpc) is 2.76. The van der Waals surface area contributed by atoms with Crippen LogP contribution in [0.4, 0.5) is 4.39 Å². The Balaban J connectivity index is 1.72. The van der Waals surface area contributed by atoms with Crippen LogP contribution in [0.3, 0.4) is 0 Å². The summed E-state index contributed by atoms with van der Waals surface area (Å²) >= 11 is 0. The molecule has 1 saturated heterocycles. The van der Waals surface area contributed by atoms with Gasteiger partial charge in [0.1, 0.15) is 5.82 Å². The standard InChI is InChI=1S/C13H17FN2O/c14-12-3-1-2-11-10(12)4-5-13(11)15-16-6-8-17-9-7-16/h1-3,13,15H,4-9H2. The fourth-order valence-electron chi connectivity index (χ4n) is 2.66. The Morgan fingerprint density at radius 1 is 1.29 bits per heavy atom. The van der Waals surface area contributed by atoms with Crippen LogP contribution in [0.25, 0.3) is 0 Å². The van der Waals surface area contributed by atoms with E-state index in [4.69, 9.17) is 4.74 Å². The van der Waals surface area contributed by atoms with Gasteiger partial charge in [-0.1, -0.05) is 12.1 Å². The van der Waals surface area contributed by atoms with Crippen LogP contribution >= 0.6 is 0 Å². The Hall–Kier alpha value is -0.970. The number of hydrogen-bond donors (Lipinski definition) is 1. The van der Waals surface area contributed by atoms with E-state index in [9.17, 15) is 4.39 Å². The predicted molar refractivity (Wildman–Crippen MR) is 63.0 cm³/mol. The van der Waals surface area contributed by atoms with Crippen molar-refractivity contribution in [2.75, 3.05) is 26.3 Å². The molecule has 1 N–H and O–H groups in total. The van der Waals surface area contributed by atoms with E-state index in [1.807, 2.05) is 6.07 Å². The van der Waals surface area contributed by atoms with Gasteiger partial charge in [0, 0.05) is 19.1 Å². The van der Waals surface area contributed by atoms with Crippen molar-refractivity contribution in [2.45, 2.75) is 18.9 Å². The van der Waals surface area contributed by atoms with E-state index in [0.29, 0.717) is 0 Å². The minimum Gasteiger partial charge on any atom is -0.379 e. The van der Waals surface area contributed by atoms with Crippen molar-refractivity contribution in [3.8, 4) is 0 Å². The van der Waals surface area contributed by atoms with Gasteiger partial charge < -0.3 is 4.74 Å². The third-order valence-corrected chi connectivity index (χ3v) is 3.56. The number of fused-ring (bicyclic) bond motifs is 1. The molecule has 1 aliphatic heterocycles. The number of benzene rings is 1. The van der Waals surface area contributed by atoms with Crippen molar-refractivity contribution in [1.29, 1.82) is 0 Å². The molecule has 1 aromatic rings. The molecule has 4 heteroatoms. The predicted octanol–water partition coefficient (Wildman–Crippen LogP) is 1.65. The van der Waals surface area contributed by atoms with Crippen LogP contribution in [0.15, 0.2) is 18.2 Å². The highest BCUT2D eigenvalue weighted by molar-refractivity contribution is 5.35. The molecule has 0 bridgehead atoms. The van der Waals surface area contributed by atoms with Gasteiger partial charge >= 0.3 is 0 Å². The van der Waals surface area contributed by atoms with Gasteiger partial charge in [0.2, 0.25) is 0 Å². The first kappa shape index (κ1) is 11.1. The Bertz CT molecular complexity index is 404. The second-order valence-electron chi connectivity index (χ2n) is 4.63. The van der Waals surface area contributed by atoms with Crippen LogP contribution in [-0.4, -0.2) is 31.3 Å². The van der Waals surface area contributed by atoms with Crippen molar-refractivity contribution in [2.24, 2.45) is 0 Å². The quantitative estimate of drug-likeness (QED) is 0.845. The van der Waals surface area contributed by atoms with Gasteiger partial charge in [-0.3, -0.25) is 0 Å². The highest BCUT2D eigenvalue weighted by atomic mass is 19.1. The van der Waals surface area contributed by atoms with Crippen LogP contribution in [0.1, 0.15) is 23.6 Å². The van der Waals surface area contributed by atoms with Crippen molar-refractivity contribution < 1.29 is 9.13 Å². The highest BCUT2D eigenvalue weighted by Gasteiger charge is 2.26. The molecule has 1 atom stereocenters. The summed E-state index contributed by atoms with van der Waals surface area (Å²) in [7, 11) is 0. The zero-order valence-corrected chi connectivity index (χ0v) is 9.79. The van der Waals surface area contributed by atoms with Crippen molar-refractivity contribution >= 4 is 0 Å². The second kappa shape index (κ2) is 4.72. The molecule has 1 heterocycles. The monoisotopic (exact) mass is 236 g/mol. The van der Waals surface area contributed by atoms with Gasteiger partial charge in [-0.25, -0.2) is 14.8 Å². The number of ether oxygens (including phenoxy) is 1. The third-order valence-electron chi connectivity index (χ3n) is 3.56. The first-order valence-corrected chi connectivity index (χ1v) is 6.21. The third kappa shape index (κ3) is 2.20. The molecule has 1 aromatic carbocycles. The molecule has 0 saturated carbocycles. The van der Waals surface area contributed by atoms with Gasteiger partial charge in [-0.2, -0.15) is 0 Å². The zero-order chi connectivity index (χ0) is 11.7. The summed E-state index contributed by atoms with van der Waals surface area (Å²) in [6.45, 7) is 3.35. The molecule has 0 aromatic heterocycles.